The topological polar surface area (TPSA) is 48.4 Å². The summed E-state index contributed by atoms with van der Waals surface area (Å²) >= 11 is 0. The van der Waals surface area contributed by atoms with Gasteiger partial charge in [0.1, 0.15) is 5.82 Å². The van der Waals surface area contributed by atoms with Gasteiger partial charge in [0.2, 0.25) is 0 Å². The van der Waals surface area contributed by atoms with Crippen LogP contribution >= 0.6 is 0 Å². The van der Waals surface area contributed by atoms with Crippen LogP contribution in [0.25, 0.3) is 0 Å². The van der Waals surface area contributed by atoms with Gasteiger partial charge in [0.15, 0.2) is 0 Å². The average molecular weight is 263 g/mol. The zero-order valence-electron chi connectivity index (χ0n) is 12.0. The summed E-state index contributed by atoms with van der Waals surface area (Å²) in [6.45, 7) is 1.12. The first-order chi connectivity index (χ1) is 9.15. The SMILES string of the molecule is CN(C)c1ccc(NCC2(CO)CCCCC2)cn1. The molecule has 106 valence electrons. The highest BCUT2D eigenvalue weighted by molar-refractivity contribution is 5.48. The first-order valence-electron chi connectivity index (χ1n) is 7.13. The summed E-state index contributed by atoms with van der Waals surface area (Å²) in [5.41, 5.74) is 1.10. The van der Waals surface area contributed by atoms with E-state index in [1.165, 1.54) is 19.3 Å². The van der Waals surface area contributed by atoms with Crippen LogP contribution in [0.5, 0.6) is 0 Å². The average Bonchev–Trinajstić information content (AvgIpc) is 2.46. The van der Waals surface area contributed by atoms with Crippen molar-refractivity contribution in [2.24, 2.45) is 5.41 Å². The first-order valence-corrected chi connectivity index (χ1v) is 7.13. The Hall–Kier alpha value is -1.29. The summed E-state index contributed by atoms with van der Waals surface area (Å²) < 4.78 is 0. The lowest BCUT2D eigenvalue weighted by molar-refractivity contribution is 0.0944. The van der Waals surface area contributed by atoms with Crippen LogP contribution in [-0.2, 0) is 0 Å². The Bertz CT molecular complexity index is 383. The maximum atomic E-state index is 9.67. The number of anilines is 2. The highest BCUT2D eigenvalue weighted by atomic mass is 16.3. The minimum atomic E-state index is 0.0679. The molecule has 1 aliphatic rings. The van der Waals surface area contributed by atoms with Gasteiger partial charge in [-0.15, -0.1) is 0 Å². The second-order valence-electron chi connectivity index (χ2n) is 5.87. The summed E-state index contributed by atoms with van der Waals surface area (Å²) in [7, 11) is 3.97. The van der Waals surface area contributed by atoms with Crippen molar-refractivity contribution in [3.8, 4) is 0 Å². The molecule has 1 saturated carbocycles. The fourth-order valence-corrected chi connectivity index (χ4v) is 2.74. The molecule has 19 heavy (non-hydrogen) atoms. The molecule has 1 fully saturated rings. The van der Waals surface area contributed by atoms with E-state index in [4.69, 9.17) is 0 Å². The number of rotatable bonds is 5. The molecule has 0 saturated heterocycles. The molecule has 0 radical (unpaired) electrons. The normalized spacial score (nSPS) is 18.1. The van der Waals surface area contributed by atoms with Gasteiger partial charge < -0.3 is 15.3 Å². The Morgan fingerprint density at radius 3 is 2.53 bits per heavy atom. The molecule has 0 amide bonds. The predicted octanol–water partition coefficient (Wildman–Crippen LogP) is 2.50. The van der Waals surface area contributed by atoms with Crippen LogP contribution in [0.1, 0.15) is 32.1 Å². The van der Waals surface area contributed by atoms with Crippen LogP contribution in [0.3, 0.4) is 0 Å². The number of hydrogen-bond acceptors (Lipinski definition) is 4. The molecule has 1 aromatic heterocycles. The number of hydrogen-bond donors (Lipinski definition) is 2. The molecule has 4 nitrogen and oxygen atoms in total. The van der Waals surface area contributed by atoms with Gasteiger partial charge >= 0.3 is 0 Å². The third-order valence-corrected chi connectivity index (χ3v) is 4.12. The number of nitrogens with zero attached hydrogens (tertiary/aromatic N) is 2. The summed E-state index contributed by atoms with van der Waals surface area (Å²) in [4.78, 5) is 6.38. The molecule has 0 aliphatic heterocycles. The Morgan fingerprint density at radius 2 is 2.00 bits per heavy atom. The minimum Gasteiger partial charge on any atom is -0.396 e. The molecule has 0 bridgehead atoms. The largest absolute Gasteiger partial charge is 0.396 e. The maximum Gasteiger partial charge on any atom is 0.128 e. The van der Waals surface area contributed by atoms with Gasteiger partial charge in [-0.25, -0.2) is 4.98 Å². The van der Waals surface area contributed by atoms with Gasteiger partial charge in [0.25, 0.3) is 0 Å². The lowest BCUT2D eigenvalue weighted by Gasteiger charge is -2.36. The second-order valence-corrected chi connectivity index (χ2v) is 5.87. The summed E-state index contributed by atoms with van der Waals surface area (Å²) in [6.07, 6.45) is 7.89. The van der Waals surface area contributed by atoms with Crippen molar-refractivity contribution >= 4 is 11.5 Å². The maximum absolute atomic E-state index is 9.67. The van der Waals surface area contributed by atoms with Crippen molar-refractivity contribution in [1.29, 1.82) is 0 Å². The Kier molecular flexibility index (Phi) is 4.64. The molecular formula is C15H25N3O. The predicted molar refractivity (Wildman–Crippen MR) is 79.7 cm³/mol. The van der Waals surface area contributed by atoms with Gasteiger partial charge in [-0.2, -0.15) is 0 Å². The smallest absolute Gasteiger partial charge is 0.128 e. The summed E-state index contributed by atoms with van der Waals surface area (Å²) in [6, 6.07) is 4.06. The summed E-state index contributed by atoms with van der Waals surface area (Å²) in [5, 5.41) is 13.1. The molecule has 2 N–H and O–H groups in total. The van der Waals surface area contributed by atoms with E-state index < -0.39 is 0 Å². The Morgan fingerprint density at radius 1 is 1.26 bits per heavy atom. The molecule has 1 aromatic rings. The van der Waals surface area contributed by atoms with E-state index in [2.05, 4.69) is 16.4 Å². The van der Waals surface area contributed by atoms with Crippen molar-refractivity contribution in [2.75, 3.05) is 37.5 Å². The lowest BCUT2D eigenvalue weighted by atomic mass is 9.74. The highest BCUT2D eigenvalue weighted by Crippen LogP contribution is 2.35. The highest BCUT2D eigenvalue weighted by Gasteiger charge is 2.31. The molecular weight excluding hydrogens is 238 g/mol. The van der Waals surface area contributed by atoms with Gasteiger partial charge in [0, 0.05) is 26.1 Å². The molecule has 1 heterocycles. The van der Waals surface area contributed by atoms with E-state index in [9.17, 15) is 5.11 Å². The van der Waals surface area contributed by atoms with Crippen molar-refractivity contribution in [2.45, 2.75) is 32.1 Å². The number of pyridine rings is 1. The third kappa shape index (κ3) is 3.60. The van der Waals surface area contributed by atoms with Gasteiger partial charge in [-0.3, -0.25) is 0 Å². The van der Waals surface area contributed by atoms with Gasteiger partial charge in [-0.1, -0.05) is 19.3 Å². The molecule has 0 spiro atoms. The van der Waals surface area contributed by atoms with Gasteiger partial charge in [-0.05, 0) is 25.0 Å². The fraction of sp³-hybridized carbons (Fsp3) is 0.667. The molecule has 4 heteroatoms. The van der Waals surface area contributed by atoms with E-state index in [1.54, 1.807) is 0 Å². The molecule has 2 rings (SSSR count). The number of aromatic nitrogens is 1. The van der Waals surface area contributed by atoms with Crippen LogP contribution in [0.15, 0.2) is 18.3 Å². The number of nitrogens with one attached hydrogen (secondary N) is 1. The zero-order chi connectivity index (χ0) is 13.7. The second kappa shape index (κ2) is 6.24. The lowest BCUT2D eigenvalue weighted by Crippen LogP contribution is -2.35. The monoisotopic (exact) mass is 263 g/mol. The summed E-state index contributed by atoms with van der Waals surface area (Å²) in [5.74, 6) is 0.958. The number of aliphatic hydroxyl groups excluding tert-OH is 1. The Balaban J connectivity index is 1.93. The van der Waals surface area contributed by atoms with Crippen LogP contribution in [0, 0.1) is 5.41 Å². The van der Waals surface area contributed by atoms with Crippen LogP contribution in [-0.4, -0.2) is 37.3 Å². The fourth-order valence-electron chi connectivity index (χ4n) is 2.74. The quantitative estimate of drug-likeness (QED) is 0.857. The van der Waals surface area contributed by atoms with Crippen LogP contribution < -0.4 is 10.2 Å². The van der Waals surface area contributed by atoms with Crippen LogP contribution in [0.2, 0.25) is 0 Å². The first kappa shape index (κ1) is 14.1. The van der Waals surface area contributed by atoms with Crippen LogP contribution in [0.4, 0.5) is 11.5 Å². The molecule has 0 atom stereocenters. The zero-order valence-corrected chi connectivity index (χ0v) is 12.0. The van der Waals surface area contributed by atoms with E-state index >= 15 is 0 Å². The van der Waals surface area contributed by atoms with Crippen molar-refractivity contribution in [3.05, 3.63) is 18.3 Å². The van der Waals surface area contributed by atoms with E-state index in [-0.39, 0.29) is 12.0 Å². The van der Waals surface area contributed by atoms with E-state index in [0.29, 0.717) is 0 Å². The van der Waals surface area contributed by atoms with Crippen molar-refractivity contribution in [3.63, 3.8) is 0 Å². The van der Waals surface area contributed by atoms with E-state index in [1.807, 2.05) is 31.3 Å². The minimum absolute atomic E-state index is 0.0679. The number of aliphatic hydroxyl groups is 1. The molecule has 1 aliphatic carbocycles. The third-order valence-electron chi connectivity index (χ3n) is 4.12. The Labute approximate surface area is 115 Å². The van der Waals surface area contributed by atoms with Crippen molar-refractivity contribution in [1.82, 2.24) is 4.98 Å². The molecule has 0 aromatic carbocycles. The van der Waals surface area contributed by atoms with Crippen molar-refractivity contribution < 1.29 is 5.11 Å². The van der Waals surface area contributed by atoms with E-state index in [0.717, 1.165) is 30.9 Å². The van der Waals surface area contributed by atoms with Gasteiger partial charge in [0.05, 0.1) is 18.5 Å². The molecule has 0 unspecified atom stereocenters. The standard InChI is InChI=1S/C15H25N3O/c1-18(2)14-7-6-13(10-16-14)17-11-15(12-19)8-4-3-5-9-15/h6-7,10,17,19H,3-5,8-9,11-12H2,1-2H3.